The van der Waals surface area contributed by atoms with Crippen LogP contribution in [-0.4, -0.2) is 18.0 Å². The van der Waals surface area contributed by atoms with Crippen LogP contribution in [-0.2, 0) is 0 Å². The molecule has 0 fully saturated rings. The van der Waals surface area contributed by atoms with Crippen LogP contribution in [0.15, 0.2) is 42.5 Å². The van der Waals surface area contributed by atoms with Crippen molar-refractivity contribution in [3.05, 3.63) is 66.1 Å². The SMILES string of the molecule is [CH2]c1c(OC)ccc(C(=O)c2ccccc2)c1O. The van der Waals surface area contributed by atoms with Gasteiger partial charge in [-0.1, -0.05) is 30.3 Å². The normalized spacial score (nSPS) is 10.1. The van der Waals surface area contributed by atoms with Crippen LogP contribution < -0.4 is 4.74 Å². The standard InChI is InChI=1S/C15H13O3/c1-10-13(18-2)9-8-12(14(10)16)15(17)11-6-4-3-5-7-11/h3-9,16H,1H2,2H3. The number of benzene rings is 2. The Hall–Kier alpha value is -2.29. The zero-order chi connectivity index (χ0) is 13.1. The molecule has 2 aromatic carbocycles. The number of hydrogen-bond acceptors (Lipinski definition) is 3. The topological polar surface area (TPSA) is 46.5 Å². The molecular formula is C15H13O3. The molecule has 2 aromatic rings. The van der Waals surface area contributed by atoms with Gasteiger partial charge in [0.15, 0.2) is 5.78 Å². The van der Waals surface area contributed by atoms with Gasteiger partial charge >= 0.3 is 0 Å². The highest BCUT2D eigenvalue weighted by atomic mass is 16.5. The van der Waals surface area contributed by atoms with Crippen molar-refractivity contribution >= 4 is 5.78 Å². The molecule has 2 rings (SSSR count). The second kappa shape index (κ2) is 4.92. The lowest BCUT2D eigenvalue weighted by Gasteiger charge is -2.10. The van der Waals surface area contributed by atoms with Gasteiger partial charge in [-0.2, -0.15) is 0 Å². The Morgan fingerprint density at radius 2 is 1.83 bits per heavy atom. The fourth-order valence-electron chi connectivity index (χ4n) is 1.74. The lowest BCUT2D eigenvalue weighted by Crippen LogP contribution is -2.02. The zero-order valence-electron chi connectivity index (χ0n) is 10.0. The fraction of sp³-hybridized carbons (Fsp3) is 0.0667. The van der Waals surface area contributed by atoms with Crippen LogP contribution in [0, 0.1) is 6.92 Å². The molecule has 0 aliphatic rings. The molecule has 18 heavy (non-hydrogen) atoms. The van der Waals surface area contributed by atoms with Crippen molar-refractivity contribution in [3.63, 3.8) is 0 Å². The predicted octanol–water partition coefficient (Wildman–Crippen LogP) is 2.81. The minimum Gasteiger partial charge on any atom is -0.507 e. The molecule has 0 saturated heterocycles. The average Bonchev–Trinajstić information content (AvgIpc) is 2.42. The van der Waals surface area contributed by atoms with Gasteiger partial charge in [-0.3, -0.25) is 4.79 Å². The van der Waals surface area contributed by atoms with Gasteiger partial charge in [0.2, 0.25) is 0 Å². The van der Waals surface area contributed by atoms with E-state index < -0.39 is 0 Å². The summed E-state index contributed by atoms with van der Waals surface area (Å²) >= 11 is 0. The third-order valence-electron chi connectivity index (χ3n) is 2.74. The lowest BCUT2D eigenvalue weighted by molar-refractivity contribution is 0.103. The summed E-state index contributed by atoms with van der Waals surface area (Å²) in [6.07, 6.45) is 0. The summed E-state index contributed by atoms with van der Waals surface area (Å²) < 4.78 is 5.03. The van der Waals surface area contributed by atoms with E-state index in [4.69, 9.17) is 4.74 Å². The van der Waals surface area contributed by atoms with Gasteiger partial charge in [0, 0.05) is 11.1 Å². The first-order chi connectivity index (χ1) is 8.65. The number of ether oxygens (including phenoxy) is 1. The summed E-state index contributed by atoms with van der Waals surface area (Å²) in [5.74, 6) is 0.0842. The highest BCUT2D eigenvalue weighted by Gasteiger charge is 2.16. The van der Waals surface area contributed by atoms with E-state index in [2.05, 4.69) is 6.92 Å². The van der Waals surface area contributed by atoms with Gasteiger partial charge in [-0.25, -0.2) is 0 Å². The Labute approximate surface area is 106 Å². The molecule has 0 saturated carbocycles. The summed E-state index contributed by atoms with van der Waals surface area (Å²) in [6.45, 7) is 3.70. The number of phenols is 1. The number of phenolic OH excluding ortho intramolecular Hbond substituents is 1. The molecule has 91 valence electrons. The molecule has 0 amide bonds. The largest absolute Gasteiger partial charge is 0.507 e. The molecule has 0 bridgehead atoms. The highest BCUT2D eigenvalue weighted by molar-refractivity contribution is 6.11. The van der Waals surface area contributed by atoms with Gasteiger partial charge in [-0.05, 0) is 19.1 Å². The molecule has 0 aliphatic carbocycles. The van der Waals surface area contributed by atoms with E-state index in [0.29, 0.717) is 16.9 Å². The van der Waals surface area contributed by atoms with Crippen molar-refractivity contribution < 1.29 is 14.6 Å². The maximum absolute atomic E-state index is 12.2. The summed E-state index contributed by atoms with van der Waals surface area (Å²) in [7, 11) is 1.49. The van der Waals surface area contributed by atoms with Gasteiger partial charge < -0.3 is 9.84 Å². The number of ketones is 1. The lowest BCUT2D eigenvalue weighted by atomic mass is 10.00. The highest BCUT2D eigenvalue weighted by Crippen LogP contribution is 2.31. The van der Waals surface area contributed by atoms with Gasteiger partial charge in [0.25, 0.3) is 0 Å². The predicted molar refractivity (Wildman–Crippen MR) is 69.0 cm³/mol. The average molecular weight is 241 g/mol. The summed E-state index contributed by atoms with van der Waals surface area (Å²) in [5, 5.41) is 9.98. The van der Waals surface area contributed by atoms with Crippen molar-refractivity contribution in [2.45, 2.75) is 0 Å². The Bertz CT molecular complexity index is 574. The first-order valence-corrected chi connectivity index (χ1v) is 5.47. The van der Waals surface area contributed by atoms with Gasteiger partial charge in [-0.15, -0.1) is 0 Å². The summed E-state index contributed by atoms with van der Waals surface area (Å²) in [4.78, 5) is 12.2. The molecule has 3 heteroatoms. The third kappa shape index (κ3) is 2.07. The van der Waals surface area contributed by atoms with Crippen LogP contribution in [0.5, 0.6) is 11.5 Å². The molecule has 0 atom stereocenters. The van der Waals surface area contributed by atoms with Crippen molar-refractivity contribution in [1.82, 2.24) is 0 Å². The van der Waals surface area contributed by atoms with E-state index >= 15 is 0 Å². The van der Waals surface area contributed by atoms with Crippen LogP contribution in [0.3, 0.4) is 0 Å². The van der Waals surface area contributed by atoms with E-state index in [0.717, 1.165) is 0 Å². The molecule has 1 N–H and O–H groups in total. The number of carbonyl (C=O) groups is 1. The number of carbonyl (C=O) groups excluding carboxylic acids is 1. The number of aromatic hydroxyl groups is 1. The molecule has 0 heterocycles. The van der Waals surface area contributed by atoms with Gasteiger partial charge in [0.05, 0.1) is 12.7 Å². The third-order valence-corrected chi connectivity index (χ3v) is 2.74. The molecule has 3 nitrogen and oxygen atoms in total. The van der Waals surface area contributed by atoms with E-state index in [1.54, 1.807) is 30.3 Å². The van der Waals surface area contributed by atoms with Gasteiger partial charge in [0.1, 0.15) is 11.5 Å². The van der Waals surface area contributed by atoms with Crippen LogP contribution in [0.4, 0.5) is 0 Å². The molecule has 0 unspecified atom stereocenters. The first-order valence-electron chi connectivity index (χ1n) is 5.47. The summed E-state index contributed by atoms with van der Waals surface area (Å²) in [5.41, 5.74) is 1.07. The quantitative estimate of drug-likeness (QED) is 0.840. The fourth-order valence-corrected chi connectivity index (χ4v) is 1.74. The minimum absolute atomic E-state index is 0.136. The maximum atomic E-state index is 12.2. The Morgan fingerprint density at radius 1 is 1.17 bits per heavy atom. The zero-order valence-corrected chi connectivity index (χ0v) is 10.0. The van der Waals surface area contributed by atoms with Crippen LogP contribution in [0.1, 0.15) is 21.5 Å². The number of rotatable bonds is 3. The first kappa shape index (κ1) is 12.2. The molecule has 1 radical (unpaired) electrons. The van der Waals surface area contributed by atoms with Crippen LogP contribution >= 0.6 is 0 Å². The molecular weight excluding hydrogens is 228 g/mol. The van der Waals surface area contributed by atoms with E-state index in [9.17, 15) is 9.90 Å². The monoisotopic (exact) mass is 241 g/mol. The van der Waals surface area contributed by atoms with Crippen molar-refractivity contribution in [2.75, 3.05) is 7.11 Å². The second-order valence-electron chi connectivity index (χ2n) is 3.84. The van der Waals surface area contributed by atoms with Crippen molar-refractivity contribution in [3.8, 4) is 11.5 Å². The van der Waals surface area contributed by atoms with Crippen molar-refractivity contribution in [1.29, 1.82) is 0 Å². The second-order valence-corrected chi connectivity index (χ2v) is 3.84. The Kier molecular flexibility index (Phi) is 3.33. The maximum Gasteiger partial charge on any atom is 0.196 e. The number of hydrogen-bond donors (Lipinski definition) is 1. The summed E-state index contributed by atoms with van der Waals surface area (Å²) in [6, 6.07) is 12.0. The van der Waals surface area contributed by atoms with E-state index in [1.807, 2.05) is 6.07 Å². The van der Waals surface area contributed by atoms with E-state index in [1.165, 1.54) is 13.2 Å². The van der Waals surface area contributed by atoms with Crippen LogP contribution in [0.2, 0.25) is 0 Å². The molecule has 0 aromatic heterocycles. The van der Waals surface area contributed by atoms with Crippen LogP contribution in [0.25, 0.3) is 0 Å². The Morgan fingerprint density at radius 3 is 2.44 bits per heavy atom. The van der Waals surface area contributed by atoms with E-state index in [-0.39, 0.29) is 17.1 Å². The Balaban J connectivity index is 2.47. The molecule has 0 spiro atoms. The minimum atomic E-state index is -0.236. The number of methoxy groups -OCH3 is 1. The molecule has 0 aliphatic heterocycles. The van der Waals surface area contributed by atoms with Crippen molar-refractivity contribution in [2.24, 2.45) is 0 Å². The smallest absolute Gasteiger partial charge is 0.196 e.